The minimum atomic E-state index is -0.922. The molecule has 0 spiro atoms. The van der Waals surface area contributed by atoms with E-state index in [1.807, 2.05) is 18.2 Å². The predicted octanol–water partition coefficient (Wildman–Crippen LogP) is 7.47. The number of amides is 1. The van der Waals surface area contributed by atoms with Gasteiger partial charge in [0.2, 0.25) is 0 Å². The van der Waals surface area contributed by atoms with Gasteiger partial charge in [-0.3, -0.25) is 4.84 Å². The molecule has 4 aromatic carbocycles. The van der Waals surface area contributed by atoms with Gasteiger partial charge in [-0.2, -0.15) is 0 Å². The predicted molar refractivity (Wildman–Crippen MR) is 169 cm³/mol. The maximum atomic E-state index is 11.8. The fourth-order valence-corrected chi connectivity index (χ4v) is 4.95. The smallest absolute Gasteiger partial charge is 0.407 e. The summed E-state index contributed by atoms with van der Waals surface area (Å²) in [5, 5.41) is 12.6. The number of hydrogen-bond donors (Lipinski definition) is 1. The molecule has 4 aromatic rings. The van der Waals surface area contributed by atoms with E-state index in [0.717, 1.165) is 16.7 Å². The number of alkyl carbamates (subject to hydrolysis) is 1. The number of ether oxygens (including phenoxy) is 4. The van der Waals surface area contributed by atoms with Crippen molar-refractivity contribution in [2.75, 3.05) is 6.54 Å². The third-order valence-corrected chi connectivity index (χ3v) is 6.60. The highest BCUT2D eigenvalue weighted by Crippen LogP contribution is 2.29. The van der Waals surface area contributed by atoms with E-state index in [-0.39, 0.29) is 24.5 Å². The summed E-state index contributed by atoms with van der Waals surface area (Å²) in [5.74, 6) is 1.59. The summed E-state index contributed by atoms with van der Waals surface area (Å²) in [7, 11) is 0. The zero-order valence-corrected chi connectivity index (χ0v) is 26.2. The fourth-order valence-electron chi connectivity index (χ4n) is 4.95. The van der Waals surface area contributed by atoms with Crippen LogP contribution in [0.3, 0.4) is 0 Å². The summed E-state index contributed by atoms with van der Waals surface area (Å²) in [6.07, 6.45) is -0.651. The lowest BCUT2D eigenvalue weighted by Gasteiger charge is -2.15. The first-order valence-corrected chi connectivity index (χ1v) is 14.6. The van der Waals surface area contributed by atoms with Gasteiger partial charge in [0.1, 0.15) is 49.4 Å². The van der Waals surface area contributed by atoms with Crippen LogP contribution in [0.25, 0.3) is 0 Å². The number of aryl methyl sites for hydroxylation is 4. The van der Waals surface area contributed by atoms with Crippen LogP contribution in [0.5, 0.6) is 23.0 Å². The SMILES string of the molecule is CCNC(=O)OCc1cc(OCc2cc(OCc3cc(C)cc(C)c3)cc(OCc3cc(C)cc(C)c3)c2)ccc1O[N+](=O)[O-]. The molecule has 0 aliphatic carbocycles. The van der Waals surface area contributed by atoms with E-state index in [1.165, 1.54) is 34.4 Å². The summed E-state index contributed by atoms with van der Waals surface area (Å²) < 4.78 is 23.6. The highest BCUT2D eigenvalue weighted by atomic mass is 17.0. The lowest BCUT2D eigenvalue weighted by atomic mass is 10.1. The Morgan fingerprint density at radius 3 is 1.64 bits per heavy atom. The Morgan fingerprint density at radius 1 is 0.667 bits per heavy atom. The molecule has 10 heteroatoms. The van der Waals surface area contributed by atoms with E-state index < -0.39 is 11.2 Å². The summed E-state index contributed by atoms with van der Waals surface area (Å²) in [6.45, 7) is 11.0. The summed E-state index contributed by atoms with van der Waals surface area (Å²) in [6, 6.07) is 22.7. The zero-order valence-electron chi connectivity index (χ0n) is 26.2. The Labute approximate surface area is 263 Å². The van der Waals surface area contributed by atoms with Crippen LogP contribution < -0.4 is 24.4 Å². The normalized spacial score (nSPS) is 10.6. The standard InChI is InChI=1S/C35H38N2O8/c1-6-36-35(38)44-22-30-17-31(7-8-34(30)45-37(39)40)41-21-29-15-32(42-19-27-11-23(2)9-24(3)12-27)18-33(16-29)43-20-28-13-25(4)10-26(5)14-28/h7-18H,6,19-22H2,1-5H3,(H,36,38). The molecule has 236 valence electrons. The molecule has 0 atom stereocenters. The molecule has 0 aliphatic rings. The van der Waals surface area contributed by atoms with E-state index in [1.54, 1.807) is 13.0 Å². The lowest BCUT2D eigenvalue weighted by Crippen LogP contribution is -2.23. The Bertz CT molecular complexity index is 1540. The Kier molecular flexibility index (Phi) is 11.2. The van der Waals surface area contributed by atoms with Gasteiger partial charge in [0.15, 0.2) is 0 Å². The highest BCUT2D eigenvalue weighted by Gasteiger charge is 2.13. The van der Waals surface area contributed by atoms with Gasteiger partial charge in [0.05, 0.1) is 0 Å². The summed E-state index contributed by atoms with van der Waals surface area (Å²) in [4.78, 5) is 27.4. The first kappa shape index (κ1) is 32.7. The third-order valence-electron chi connectivity index (χ3n) is 6.60. The largest absolute Gasteiger partial charge is 0.489 e. The molecule has 0 aliphatic heterocycles. The minimum Gasteiger partial charge on any atom is -0.489 e. The second-order valence-electron chi connectivity index (χ2n) is 10.9. The van der Waals surface area contributed by atoms with Crippen LogP contribution in [-0.4, -0.2) is 17.7 Å². The van der Waals surface area contributed by atoms with Gasteiger partial charge >= 0.3 is 6.09 Å². The van der Waals surface area contributed by atoms with Crippen LogP contribution >= 0.6 is 0 Å². The number of carbonyl (C=O) groups excluding carboxylic acids is 1. The second-order valence-corrected chi connectivity index (χ2v) is 10.9. The maximum absolute atomic E-state index is 11.8. The monoisotopic (exact) mass is 614 g/mol. The molecule has 0 unspecified atom stereocenters. The second kappa shape index (κ2) is 15.5. The van der Waals surface area contributed by atoms with Gasteiger partial charge in [0.25, 0.3) is 5.09 Å². The van der Waals surface area contributed by atoms with Crippen molar-refractivity contribution in [3.63, 3.8) is 0 Å². The molecule has 0 saturated heterocycles. The van der Waals surface area contributed by atoms with Crippen molar-refractivity contribution < 1.29 is 33.7 Å². The van der Waals surface area contributed by atoms with Gasteiger partial charge in [-0.25, -0.2) is 4.79 Å². The van der Waals surface area contributed by atoms with Crippen molar-refractivity contribution in [1.82, 2.24) is 5.32 Å². The zero-order chi connectivity index (χ0) is 32.3. The molecule has 0 aromatic heterocycles. The van der Waals surface area contributed by atoms with Crippen LogP contribution in [0.2, 0.25) is 0 Å². The van der Waals surface area contributed by atoms with Crippen molar-refractivity contribution >= 4 is 6.09 Å². The minimum absolute atomic E-state index is 0.0551. The van der Waals surface area contributed by atoms with Crippen LogP contribution in [0.15, 0.2) is 72.8 Å². The summed E-state index contributed by atoms with van der Waals surface area (Å²) >= 11 is 0. The van der Waals surface area contributed by atoms with Crippen molar-refractivity contribution in [3.8, 4) is 23.0 Å². The van der Waals surface area contributed by atoms with E-state index >= 15 is 0 Å². The summed E-state index contributed by atoms with van der Waals surface area (Å²) in [5.41, 5.74) is 7.85. The van der Waals surface area contributed by atoms with Gasteiger partial charge in [-0.15, -0.1) is 10.1 Å². The van der Waals surface area contributed by atoms with Crippen molar-refractivity contribution in [2.45, 2.75) is 61.0 Å². The molecule has 45 heavy (non-hydrogen) atoms. The molecule has 0 bridgehead atoms. The average Bonchev–Trinajstić information content (AvgIpc) is 2.97. The number of carbonyl (C=O) groups is 1. The molecular formula is C35H38N2O8. The van der Waals surface area contributed by atoms with Crippen molar-refractivity contribution in [1.29, 1.82) is 0 Å². The molecule has 0 saturated carbocycles. The number of benzene rings is 4. The maximum Gasteiger partial charge on any atom is 0.407 e. The van der Waals surface area contributed by atoms with Gasteiger partial charge in [-0.1, -0.05) is 58.7 Å². The average molecular weight is 615 g/mol. The highest BCUT2D eigenvalue weighted by molar-refractivity contribution is 5.67. The number of nitrogens with one attached hydrogen (secondary N) is 1. The number of nitrogens with zero attached hydrogens (tertiary/aromatic N) is 1. The molecule has 10 nitrogen and oxygen atoms in total. The van der Waals surface area contributed by atoms with Crippen molar-refractivity contribution in [2.24, 2.45) is 0 Å². The quantitative estimate of drug-likeness (QED) is 0.115. The first-order chi connectivity index (χ1) is 21.6. The van der Waals surface area contributed by atoms with Gasteiger partial charge in [0, 0.05) is 18.2 Å². The van der Waals surface area contributed by atoms with E-state index in [0.29, 0.717) is 37.0 Å². The Morgan fingerprint density at radius 2 is 1.16 bits per heavy atom. The molecule has 1 N–H and O–H groups in total. The van der Waals surface area contributed by atoms with Gasteiger partial charge in [-0.05, 0) is 81.6 Å². The Balaban J connectivity index is 1.54. The van der Waals surface area contributed by atoms with Crippen LogP contribution in [0, 0.1) is 37.8 Å². The molecule has 0 radical (unpaired) electrons. The van der Waals surface area contributed by atoms with Crippen molar-refractivity contribution in [3.05, 3.63) is 127 Å². The molecule has 1 amide bonds. The molecule has 0 heterocycles. The Hall–Kier alpha value is -5.25. The third kappa shape index (κ3) is 10.5. The first-order valence-electron chi connectivity index (χ1n) is 14.6. The van der Waals surface area contributed by atoms with E-state index in [4.69, 9.17) is 18.9 Å². The number of rotatable bonds is 14. The van der Waals surface area contributed by atoms with E-state index in [2.05, 4.69) is 74.2 Å². The van der Waals surface area contributed by atoms with Gasteiger partial charge < -0.3 is 24.3 Å². The molecular weight excluding hydrogens is 576 g/mol. The van der Waals surface area contributed by atoms with Crippen LogP contribution in [0.1, 0.15) is 51.4 Å². The lowest BCUT2D eigenvalue weighted by molar-refractivity contribution is -0.711. The fraction of sp³-hybridized carbons (Fsp3) is 0.286. The number of hydrogen-bond acceptors (Lipinski definition) is 8. The molecule has 4 rings (SSSR count). The molecule has 0 fully saturated rings. The van der Waals surface area contributed by atoms with Crippen LogP contribution in [0.4, 0.5) is 4.79 Å². The van der Waals surface area contributed by atoms with Crippen LogP contribution in [-0.2, 0) is 31.2 Å². The van der Waals surface area contributed by atoms with E-state index in [9.17, 15) is 14.9 Å². The topological polar surface area (TPSA) is 118 Å².